The van der Waals surface area contributed by atoms with E-state index in [1.807, 2.05) is 30.3 Å². The van der Waals surface area contributed by atoms with Crippen molar-refractivity contribution in [1.82, 2.24) is 4.90 Å². The summed E-state index contributed by atoms with van der Waals surface area (Å²) in [5, 5.41) is 8.09. The average Bonchev–Trinajstić information content (AvgIpc) is 2.53. The molecule has 2 rings (SSSR count). The van der Waals surface area contributed by atoms with Gasteiger partial charge in [0.05, 0.1) is 0 Å². The molecule has 2 aromatic carbocycles. The van der Waals surface area contributed by atoms with Gasteiger partial charge in [0.25, 0.3) is 5.91 Å². The Hall–Kier alpha value is -1.98. The first-order valence-electron chi connectivity index (χ1n) is 7.11. The predicted molar refractivity (Wildman–Crippen MR) is 97.3 cm³/mol. The van der Waals surface area contributed by atoms with Crippen molar-refractivity contribution >= 4 is 36.1 Å². The summed E-state index contributed by atoms with van der Waals surface area (Å²) in [4.78, 5) is 13.7. The van der Waals surface area contributed by atoms with Crippen molar-refractivity contribution in [2.45, 2.75) is 11.7 Å². The van der Waals surface area contributed by atoms with Gasteiger partial charge in [-0.3, -0.25) is 15.1 Å². The molecule has 0 fully saturated rings. The number of hydrogen-bond donors (Lipinski definition) is 3. The molecule has 0 aliphatic carbocycles. The number of carbonyl (C=O) groups is 1. The van der Waals surface area contributed by atoms with Gasteiger partial charge in [0.15, 0.2) is 5.96 Å². The molecule has 0 spiro atoms. The van der Waals surface area contributed by atoms with Gasteiger partial charge in [-0.15, -0.1) is 0 Å². The van der Waals surface area contributed by atoms with Gasteiger partial charge < -0.3 is 5.73 Å². The molecular formula is C17H18ClN3OS. The molecule has 1 unspecified atom stereocenters. The molecule has 1 amide bonds. The Morgan fingerprint density at radius 1 is 1.17 bits per heavy atom. The second-order valence-corrected chi connectivity index (χ2v) is 6.32. The summed E-state index contributed by atoms with van der Waals surface area (Å²) in [6.45, 7) is 0.259. The van der Waals surface area contributed by atoms with Crippen LogP contribution in [0, 0.1) is 5.41 Å². The van der Waals surface area contributed by atoms with Gasteiger partial charge in [-0.2, -0.15) is 12.6 Å². The second kappa shape index (κ2) is 8.04. The molecule has 0 aliphatic rings. The Labute approximate surface area is 146 Å². The van der Waals surface area contributed by atoms with Crippen LogP contribution in [0.2, 0.25) is 5.02 Å². The molecule has 0 radical (unpaired) electrons. The number of hydrogen-bond acceptors (Lipinski definition) is 3. The lowest BCUT2D eigenvalue weighted by molar-refractivity contribution is 0.0845. The number of nitrogens with zero attached hydrogens (tertiary/aromatic N) is 1. The monoisotopic (exact) mass is 347 g/mol. The molecule has 0 saturated carbocycles. The largest absolute Gasteiger partial charge is 0.370 e. The highest BCUT2D eigenvalue weighted by Gasteiger charge is 2.21. The minimum absolute atomic E-state index is 0.127. The molecule has 6 heteroatoms. The Kier molecular flexibility index (Phi) is 6.07. The summed E-state index contributed by atoms with van der Waals surface area (Å²) >= 11 is 10.4. The Bertz CT molecular complexity index is 676. The van der Waals surface area contributed by atoms with Crippen molar-refractivity contribution < 1.29 is 4.79 Å². The van der Waals surface area contributed by atoms with Crippen LogP contribution in [0.5, 0.6) is 0 Å². The zero-order chi connectivity index (χ0) is 16.8. The number of nitrogens with two attached hydrogens (primary N) is 1. The van der Waals surface area contributed by atoms with Crippen LogP contribution in [0.1, 0.15) is 15.9 Å². The van der Waals surface area contributed by atoms with Crippen molar-refractivity contribution in [2.75, 3.05) is 6.54 Å². The molecule has 4 nitrogen and oxygen atoms in total. The van der Waals surface area contributed by atoms with Crippen LogP contribution in [0.4, 0.5) is 0 Å². The third kappa shape index (κ3) is 5.01. The van der Waals surface area contributed by atoms with Gasteiger partial charge in [0.1, 0.15) is 0 Å². The Morgan fingerprint density at radius 2 is 1.78 bits per heavy atom. The average molecular weight is 348 g/mol. The van der Waals surface area contributed by atoms with Crippen LogP contribution in [0.3, 0.4) is 0 Å². The van der Waals surface area contributed by atoms with Gasteiger partial charge in [-0.05, 0) is 36.2 Å². The minimum atomic E-state index is -0.332. The van der Waals surface area contributed by atoms with Crippen LogP contribution in [0.15, 0.2) is 54.6 Å². The molecule has 120 valence electrons. The molecule has 3 N–H and O–H groups in total. The van der Waals surface area contributed by atoms with Gasteiger partial charge in [-0.1, -0.05) is 41.9 Å². The van der Waals surface area contributed by atoms with E-state index in [0.29, 0.717) is 17.0 Å². The zero-order valence-corrected chi connectivity index (χ0v) is 14.1. The standard InChI is InChI=1S/C17H18ClN3OS/c18-14-8-6-13(7-9-14)16(22)21(17(19)20)11-15(23)10-12-4-2-1-3-5-12/h1-9,15,23H,10-11H2,(H3,19,20). The highest BCUT2D eigenvalue weighted by Crippen LogP contribution is 2.14. The normalized spacial score (nSPS) is 11.7. The number of guanidine groups is 1. The number of halogens is 1. The minimum Gasteiger partial charge on any atom is -0.370 e. The molecule has 2 aromatic rings. The Morgan fingerprint density at radius 3 is 2.35 bits per heavy atom. The molecule has 0 saturated heterocycles. The fourth-order valence-corrected chi connectivity index (χ4v) is 2.70. The quantitative estimate of drug-likeness (QED) is 0.441. The summed E-state index contributed by atoms with van der Waals surface area (Å²) < 4.78 is 0. The number of benzene rings is 2. The van der Waals surface area contributed by atoms with Crippen LogP contribution < -0.4 is 5.73 Å². The van der Waals surface area contributed by atoms with Crippen LogP contribution in [0.25, 0.3) is 0 Å². The lowest BCUT2D eigenvalue weighted by atomic mass is 10.1. The first-order valence-corrected chi connectivity index (χ1v) is 8.00. The van der Waals surface area contributed by atoms with Crippen molar-refractivity contribution in [2.24, 2.45) is 5.73 Å². The maximum Gasteiger partial charge on any atom is 0.260 e. The number of carbonyl (C=O) groups excluding carboxylic acids is 1. The van der Waals surface area contributed by atoms with Gasteiger partial charge >= 0.3 is 0 Å². The molecule has 1 atom stereocenters. The van der Waals surface area contributed by atoms with E-state index >= 15 is 0 Å². The molecule has 0 aromatic heterocycles. The number of amides is 1. The lowest BCUT2D eigenvalue weighted by Crippen LogP contribution is -2.44. The van der Waals surface area contributed by atoms with E-state index in [2.05, 4.69) is 12.6 Å². The summed E-state index contributed by atoms with van der Waals surface area (Å²) in [6, 6.07) is 16.4. The lowest BCUT2D eigenvalue weighted by Gasteiger charge is -2.24. The fourth-order valence-electron chi connectivity index (χ4n) is 2.20. The summed E-state index contributed by atoms with van der Waals surface area (Å²) in [7, 11) is 0. The van der Waals surface area contributed by atoms with Gasteiger partial charge in [0.2, 0.25) is 0 Å². The summed E-state index contributed by atoms with van der Waals surface area (Å²) in [5.74, 6) is -0.627. The van der Waals surface area contributed by atoms with Crippen molar-refractivity contribution in [3.63, 3.8) is 0 Å². The highest BCUT2D eigenvalue weighted by atomic mass is 35.5. The number of thiol groups is 1. The van der Waals surface area contributed by atoms with E-state index in [0.717, 1.165) is 5.56 Å². The van der Waals surface area contributed by atoms with Crippen molar-refractivity contribution in [3.8, 4) is 0 Å². The van der Waals surface area contributed by atoms with E-state index in [1.165, 1.54) is 4.90 Å². The van der Waals surface area contributed by atoms with E-state index in [1.54, 1.807) is 24.3 Å². The van der Waals surface area contributed by atoms with E-state index in [9.17, 15) is 4.79 Å². The second-order valence-electron chi connectivity index (χ2n) is 5.15. The third-order valence-corrected chi connectivity index (χ3v) is 3.93. The van der Waals surface area contributed by atoms with Crippen LogP contribution in [-0.2, 0) is 6.42 Å². The smallest absolute Gasteiger partial charge is 0.260 e. The third-order valence-electron chi connectivity index (χ3n) is 3.33. The van der Waals surface area contributed by atoms with Gasteiger partial charge in [0, 0.05) is 22.4 Å². The first-order chi connectivity index (χ1) is 11.0. The van der Waals surface area contributed by atoms with E-state index in [-0.39, 0.29) is 23.7 Å². The van der Waals surface area contributed by atoms with Crippen molar-refractivity contribution in [3.05, 3.63) is 70.7 Å². The number of nitrogens with one attached hydrogen (secondary N) is 1. The summed E-state index contributed by atoms with van der Waals surface area (Å²) in [6.07, 6.45) is 0.682. The van der Waals surface area contributed by atoms with Gasteiger partial charge in [-0.25, -0.2) is 0 Å². The van der Waals surface area contributed by atoms with E-state index < -0.39 is 0 Å². The van der Waals surface area contributed by atoms with Crippen LogP contribution >= 0.6 is 24.2 Å². The maximum atomic E-state index is 12.5. The predicted octanol–water partition coefficient (Wildman–Crippen LogP) is 3.22. The number of rotatable bonds is 5. The van der Waals surface area contributed by atoms with Crippen molar-refractivity contribution in [1.29, 1.82) is 5.41 Å². The van der Waals surface area contributed by atoms with E-state index in [4.69, 9.17) is 22.7 Å². The Balaban J connectivity index is 2.07. The molecule has 0 heterocycles. The molecule has 23 heavy (non-hydrogen) atoms. The first kappa shape index (κ1) is 17.4. The summed E-state index contributed by atoms with van der Waals surface area (Å²) in [5.41, 5.74) is 7.13. The molecule has 0 aliphatic heterocycles. The highest BCUT2D eigenvalue weighted by molar-refractivity contribution is 7.81. The zero-order valence-electron chi connectivity index (χ0n) is 12.4. The molecular weight excluding hydrogens is 330 g/mol. The topological polar surface area (TPSA) is 70.2 Å². The van der Waals surface area contributed by atoms with Crippen LogP contribution in [-0.4, -0.2) is 28.6 Å². The molecule has 0 bridgehead atoms. The SMILES string of the molecule is N=C(N)N(CC(S)Cc1ccccc1)C(=O)c1ccc(Cl)cc1. The maximum absolute atomic E-state index is 12.5. The fraction of sp³-hybridized carbons (Fsp3) is 0.176.